The van der Waals surface area contributed by atoms with Crippen molar-refractivity contribution >= 4 is 35.0 Å². The molecule has 0 aliphatic carbocycles. The van der Waals surface area contributed by atoms with Crippen LogP contribution in [0, 0.1) is 19.8 Å². The highest BCUT2D eigenvalue weighted by atomic mass is 35.5. The highest BCUT2D eigenvalue weighted by Crippen LogP contribution is 2.19. The van der Waals surface area contributed by atoms with Gasteiger partial charge in [-0.1, -0.05) is 43.6 Å². The molecule has 0 heterocycles. The lowest BCUT2D eigenvalue weighted by atomic mass is 10.0. The van der Waals surface area contributed by atoms with E-state index in [1.807, 2.05) is 45.9 Å². The van der Waals surface area contributed by atoms with Gasteiger partial charge in [0.05, 0.1) is 6.54 Å². The van der Waals surface area contributed by atoms with E-state index in [0.29, 0.717) is 10.6 Å². The fourth-order valence-corrected chi connectivity index (χ4v) is 2.96. The summed E-state index contributed by atoms with van der Waals surface area (Å²) in [5.41, 5.74) is 3.03. The van der Waals surface area contributed by atoms with Crippen LogP contribution in [0.25, 0.3) is 0 Å². The van der Waals surface area contributed by atoms with E-state index in [1.54, 1.807) is 24.3 Å². The van der Waals surface area contributed by atoms with Crippen LogP contribution in [-0.2, 0) is 9.59 Å². The Morgan fingerprint density at radius 3 is 2.10 bits per heavy atom. The second-order valence-electron chi connectivity index (χ2n) is 7.23. The lowest BCUT2D eigenvalue weighted by molar-refractivity contribution is -0.126. The average Bonchev–Trinajstić information content (AvgIpc) is 2.67. The van der Waals surface area contributed by atoms with Gasteiger partial charge in [0.1, 0.15) is 6.04 Å². The van der Waals surface area contributed by atoms with Crippen molar-refractivity contribution in [1.82, 2.24) is 10.6 Å². The molecule has 2 aromatic rings. The number of para-hydroxylation sites is 1. The summed E-state index contributed by atoms with van der Waals surface area (Å²) in [6.07, 6.45) is 0. The van der Waals surface area contributed by atoms with Gasteiger partial charge in [-0.05, 0) is 55.2 Å². The van der Waals surface area contributed by atoms with Crippen LogP contribution in [0.1, 0.15) is 35.3 Å². The molecule has 0 aromatic heterocycles. The molecule has 6 nitrogen and oxygen atoms in total. The minimum atomic E-state index is -0.772. The molecule has 0 aliphatic rings. The number of hydrogen-bond donors (Lipinski definition) is 3. The van der Waals surface area contributed by atoms with Gasteiger partial charge < -0.3 is 16.0 Å². The zero-order valence-electron chi connectivity index (χ0n) is 17.0. The van der Waals surface area contributed by atoms with Gasteiger partial charge in [-0.3, -0.25) is 14.4 Å². The topological polar surface area (TPSA) is 87.3 Å². The Morgan fingerprint density at radius 2 is 1.55 bits per heavy atom. The molecule has 7 heteroatoms. The normalized spacial score (nSPS) is 11.7. The molecule has 154 valence electrons. The number of rotatable bonds is 7. The summed E-state index contributed by atoms with van der Waals surface area (Å²) >= 11 is 5.84. The predicted octanol–water partition coefficient (Wildman–Crippen LogP) is 3.47. The maximum Gasteiger partial charge on any atom is 0.251 e. The van der Waals surface area contributed by atoms with Crippen LogP contribution < -0.4 is 16.0 Å². The molecule has 2 aromatic carbocycles. The fraction of sp³-hybridized carbons (Fsp3) is 0.318. The Bertz CT molecular complexity index is 874. The largest absolute Gasteiger partial charge is 0.345 e. The number of carbonyl (C=O) groups is 3. The van der Waals surface area contributed by atoms with Gasteiger partial charge in [-0.2, -0.15) is 0 Å². The molecule has 0 aliphatic heterocycles. The van der Waals surface area contributed by atoms with E-state index >= 15 is 0 Å². The molecule has 0 radical (unpaired) electrons. The van der Waals surface area contributed by atoms with Gasteiger partial charge in [-0.25, -0.2) is 0 Å². The molecule has 1 atom stereocenters. The lowest BCUT2D eigenvalue weighted by Crippen LogP contribution is -2.51. The number of benzene rings is 2. The van der Waals surface area contributed by atoms with Gasteiger partial charge in [0, 0.05) is 16.3 Å². The standard InChI is InChI=1S/C22H26ClN3O3/c1-13(2)19(26-21(28)16-8-10-17(23)11-9-16)22(29)24-12-18(27)25-20-14(3)6-5-7-15(20)4/h5-11,13,19H,12H2,1-4H3,(H,24,29)(H,25,27)(H,26,28). The van der Waals surface area contributed by atoms with Gasteiger partial charge in [-0.15, -0.1) is 0 Å². The molecule has 2 rings (SSSR count). The molecule has 0 saturated carbocycles. The molecular weight excluding hydrogens is 390 g/mol. The number of hydrogen-bond acceptors (Lipinski definition) is 3. The van der Waals surface area contributed by atoms with E-state index in [2.05, 4.69) is 16.0 Å². The second kappa shape index (κ2) is 10.1. The highest BCUT2D eigenvalue weighted by molar-refractivity contribution is 6.30. The van der Waals surface area contributed by atoms with E-state index in [1.165, 1.54) is 0 Å². The smallest absolute Gasteiger partial charge is 0.251 e. The van der Waals surface area contributed by atoms with Crippen LogP contribution >= 0.6 is 11.6 Å². The van der Waals surface area contributed by atoms with Gasteiger partial charge in [0.15, 0.2) is 0 Å². The Labute approximate surface area is 176 Å². The summed E-state index contributed by atoms with van der Waals surface area (Å²) in [6, 6.07) is 11.3. The Balaban J connectivity index is 1.96. The summed E-state index contributed by atoms with van der Waals surface area (Å²) in [5, 5.41) is 8.66. The highest BCUT2D eigenvalue weighted by Gasteiger charge is 2.25. The van der Waals surface area contributed by atoms with E-state index in [4.69, 9.17) is 11.6 Å². The monoisotopic (exact) mass is 415 g/mol. The van der Waals surface area contributed by atoms with E-state index in [-0.39, 0.29) is 24.3 Å². The number of anilines is 1. The van der Waals surface area contributed by atoms with Crippen molar-refractivity contribution in [1.29, 1.82) is 0 Å². The third-order valence-electron chi connectivity index (χ3n) is 4.51. The summed E-state index contributed by atoms with van der Waals surface area (Å²) in [5.74, 6) is -1.29. The van der Waals surface area contributed by atoms with Gasteiger partial charge in [0.25, 0.3) is 5.91 Å². The molecule has 0 saturated heterocycles. The van der Waals surface area contributed by atoms with Crippen LogP contribution in [0.4, 0.5) is 5.69 Å². The third-order valence-corrected chi connectivity index (χ3v) is 4.76. The maximum atomic E-state index is 12.6. The second-order valence-corrected chi connectivity index (χ2v) is 7.67. The molecule has 0 bridgehead atoms. The summed E-state index contributed by atoms with van der Waals surface area (Å²) < 4.78 is 0. The first-order valence-corrected chi connectivity index (χ1v) is 9.77. The molecule has 1 unspecified atom stereocenters. The number of halogens is 1. The number of aryl methyl sites for hydroxylation is 2. The Hall–Kier alpha value is -2.86. The van der Waals surface area contributed by atoms with Gasteiger partial charge >= 0.3 is 0 Å². The lowest BCUT2D eigenvalue weighted by Gasteiger charge is -2.22. The SMILES string of the molecule is Cc1cccc(C)c1NC(=O)CNC(=O)C(NC(=O)c1ccc(Cl)cc1)C(C)C. The van der Waals surface area contributed by atoms with Crippen LogP contribution in [0.2, 0.25) is 5.02 Å². The molecule has 3 amide bonds. The average molecular weight is 416 g/mol. The summed E-state index contributed by atoms with van der Waals surface area (Å²) in [6.45, 7) is 7.27. The zero-order chi connectivity index (χ0) is 21.6. The van der Waals surface area contributed by atoms with Crippen molar-refractivity contribution in [3.63, 3.8) is 0 Å². The molecular formula is C22H26ClN3O3. The molecule has 3 N–H and O–H groups in total. The first kappa shape index (κ1) is 22.4. The van der Waals surface area contributed by atoms with Crippen LogP contribution in [0.15, 0.2) is 42.5 Å². The van der Waals surface area contributed by atoms with E-state index < -0.39 is 11.9 Å². The summed E-state index contributed by atoms with van der Waals surface area (Å²) in [7, 11) is 0. The van der Waals surface area contributed by atoms with Crippen LogP contribution in [-0.4, -0.2) is 30.3 Å². The van der Waals surface area contributed by atoms with Crippen LogP contribution in [0.5, 0.6) is 0 Å². The number of nitrogens with one attached hydrogen (secondary N) is 3. The van der Waals surface area contributed by atoms with Crippen LogP contribution in [0.3, 0.4) is 0 Å². The number of carbonyl (C=O) groups excluding carboxylic acids is 3. The third kappa shape index (κ3) is 6.32. The van der Waals surface area contributed by atoms with Crippen molar-refractivity contribution in [2.24, 2.45) is 5.92 Å². The molecule has 29 heavy (non-hydrogen) atoms. The van der Waals surface area contributed by atoms with Gasteiger partial charge in [0.2, 0.25) is 11.8 Å². The van der Waals surface area contributed by atoms with Crippen molar-refractivity contribution in [2.45, 2.75) is 33.7 Å². The van der Waals surface area contributed by atoms with Crippen molar-refractivity contribution < 1.29 is 14.4 Å². The van der Waals surface area contributed by atoms with Crippen molar-refractivity contribution in [2.75, 3.05) is 11.9 Å². The Kier molecular flexibility index (Phi) is 7.79. The minimum absolute atomic E-state index is 0.159. The Morgan fingerprint density at radius 1 is 0.966 bits per heavy atom. The fourth-order valence-electron chi connectivity index (χ4n) is 2.83. The first-order chi connectivity index (χ1) is 13.7. The zero-order valence-corrected chi connectivity index (χ0v) is 17.8. The first-order valence-electron chi connectivity index (χ1n) is 9.39. The predicted molar refractivity (Wildman–Crippen MR) is 115 cm³/mol. The van der Waals surface area contributed by atoms with E-state index in [0.717, 1.165) is 16.8 Å². The molecule has 0 spiro atoms. The molecule has 0 fully saturated rings. The minimum Gasteiger partial charge on any atom is -0.345 e. The number of amides is 3. The quantitative estimate of drug-likeness (QED) is 0.647. The van der Waals surface area contributed by atoms with E-state index in [9.17, 15) is 14.4 Å². The summed E-state index contributed by atoms with van der Waals surface area (Å²) in [4.78, 5) is 37.2. The van der Waals surface area contributed by atoms with Crippen molar-refractivity contribution in [3.05, 3.63) is 64.2 Å². The van der Waals surface area contributed by atoms with Crippen molar-refractivity contribution in [3.8, 4) is 0 Å². The maximum absolute atomic E-state index is 12.6.